The molecule has 4 nitrogen and oxygen atoms in total. The van der Waals surface area contributed by atoms with Crippen LogP contribution in [-0.4, -0.2) is 25.2 Å². The predicted molar refractivity (Wildman–Crippen MR) is 84.1 cm³/mol. The first-order valence-electron chi connectivity index (χ1n) is 8.30. The van der Waals surface area contributed by atoms with Crippen LogP contribution < -0.4 is 0 Å². The van der Waals surface area contributed by atoms with Crippen molar-refractivity contribution in [2.75, 3.05) is 13.2 Å². The van der Waals surface area contributed by atoms with Gasteiger partial charge in [-0.2, -0.15) is 0 Å². The van der Waals surface area contributed by atoms with Crippen LogP contribution in [0.15, 0.2) is 11.6 Å². The van der Waals surface area contributed by atoms with Crippen LogP contribution in [0.2, 0.25) is 0 Å². The highest BCUT2D eigenvalue weighted by molar-refractivity contribution is 6.00. The Morgan fingerprint density at radius 2 is 1.77 bits per heavy atom. The monoisotopic (exact) mass is 308 g/mol. The van der Waals surface area contributed by atoms with E-state index in [4.69, 9.17) is 9.47 Å². The van der Waals surface area contributed by atoms with Gasteiger partial charge in [-0.3, -0.25) is 9.59 Å². The molecule has 0 radical (unpaired) electrons. The Balaban J connectivity index is 2.22. The van der Waals surface area contributed by atoms with E-state index in [0.717, 1.165) is 12.3 Å². The molecule has 0 aromatic rings. The summed E-state index contributed by atoms with van der Waals surface area (Å²) >= 11 is 0. The van der Waals surface area contributed by atoms with Crippen molar-refractivity contribution in [1.29, 1.82) is 0 Å². The SMILES string of the molecule is CCOC(=O)C(C)(CC1=CC[C@H]2C[C@@H]1C2(C)C)C(=O)OCC. The fourth-order valence-electron chi connectivity index (χ4n) is 3.89. The fraction of sp³-hybridized carbons (Fsp3) is 0.778. The first-order valence-corrected chi connectivity index (χ1v) is 8.30. The fourth-order valence-corrected chi connectivity index (χ4v) is 3.89. The van der Waals surface area contributed by atoms with Gasteiger partial charge in [0.2, 0.25) is 0 Å². The summed E-state index contributed by atoms with van der Waals surface area (Å²) in [7, 11) is 0. The minimum atomic E-state index is -1.24. The van der Waals surface area contributed by atoms with Crippen LogP contribution in [0.5, 0.6) is 0 Å². The van der Waals surface area contributed by atoms with E-state index in [1.165, 1.54) is 12.0 Å². The second-order valence-corrected chi connectivity index (χ2v) is 7.27. The van der Waals surface area contributed by atoms with Gasteiger partial charge in [-0.05, 0) is 57.3 Å². The number of fused-ring (bicyclic) bond motifs is 1. The zero-order chi connectivity index (χ0) is 16.5. The van der Waals surface area contributed by atoms with Crippen molar-refractivity contribution < 1.29 is 19.1 Å². The maximum absolute atomic E-state index is 12.4. The number of hydrogen-bond acceptors (Lipinski definition) is 4. The lowest BCUT2D eigenvalue weighted by Gasteiger charge is -2.57. The standard InChI is InChI=1S/C18H28O4/c1-6-21-15(19)18(5,16(20)22-7-2)11-12-8-9-13-10-14(12)17(13,3)4/h8,13-14H,6-7,9-11H2,1-5H3/t13-,14-/m0/s1. The molecule has 3 aliphatic rings. The molecule has 0 aromatic heterocycles. The van der Waals surface area contributed by atoms with Gasteiger partial charge in [0.1, 0.15) is 0 Å². The highest BCUT2D eigenvalue weighted by Gasteiger charge is 2.54. The van der Waals surface area contributed by atoms with Gasteiger partial charge in [-0.1, -0.05) is 25.5 Å². The zero-order valence-corrected chi connectivity index (χ0v) is 14.4. The average molecular weight is 308 g/mol. The second kappa shape index (κ2) is 6.05. The molecule has 0 spiro atoms. The maximum atomic E-state index is 12.4. The summed E-state index contributed by atoms with van der Waals surface area (Å²) in [5.41, 5.74) is 0.251. The molecule has 2 bridgehead atoms. The number of carbonyl (C=O) groups excluding carboxylic acids is 2. The highest BCUT2D eigenvalue weighted by Crippen LogP contribution is 2.60. The second-order valence-electron chi connectivity index (χ2n) is 7.27. The van der Waals surface area contributed by atoms with E-state index >= 15 is 0 Å². The van der Waals surface area contributed by atoms with Crippen LogP contribution in [0.25, 0.3) is 0 Å². The molecule has 1 saturated carbocycles. The Hall–Kier alpha value is -1.32. The molecule has 0 unspecified atom stereocenters. The third kappa shape index (κ3) is 2.68. The Labute approximate surface area is 133 Å². The number of esters is 2. The topological polar surface area (TPSA) is 52.6 Å². The first kappa shape index (κ1) is 17.0. The molecule has 2 atom stereocenters. The molecule has 0 saturated heterocycles. The molecule has 124 valence electrons. The molecule has 0 N–H and O–H groups in total. The van der Waals surface area contributed by atoms with Gasteiger partial charge in [0.25, 0.3) is 0 Å². The van der Waals surface area contributed by atoms with Crippen molar-refractivity contribution in [2.45, 2.75) is 53.9 Å². The van der Waals surface area contributed by atoms with E-state index in [9.17, 15) is 9.59 Å². The van der Waals surface area contributed by atoms with E-state index in [-0.39, 0.29) is 18.6 Å². The van der Waals surface area contributed by atoms with Crippen molar-refractivity contribution in [2.24, 2.45) is 22.7 Å². The van der Waals surface area contributed by atoms with E-state index in [1.807, 2.05) is 0 Å². The van der Waals surface area contributed by atoms with Gasteiger partial charge in [0.15, 0.2) is 5.41 Å². The van der Waals surface area contributed by atoms with Crippen LogP contribution in [0.3, 0.4) is 0 Å². The van der Waals surface area contributed by atoms with Gasteiger partial charge < -0.3 is 9.47 Å². The van der Waals surface area contributed by atoms with E-state index < -0.39 is 17.4 Å². The molecule has 4 heteroatoms. The predicted octanol–water partition coefficient (Wildman–Crippen LogP) is 3.50. The summed E-state index contributed by atoms with van der Waals surface area (Å²) in [5.74, 6) is 0.245. The Morgan fingerprint density at radius 3 is 2.18 bits per heavy atom. The van der Waals surface area contributed by atoms with E-state index in [1.54, 1.807) is 20.8 Å². The minimum absolute atomic E-state index is 0.268. The van der Waals surface area contributed by atoms with Gasteiger partial charge in [0.05, 0.1) is 13.2 Å². The van der Waals surface area contributed by atoms with Crippen LogP contribution in [-0.2, 0) is 19.1 Å². The summed E-state index contributed by atoms with van der Waals surface area (Å²) in [6.45, 7) is 10.3. The number of allylic oxidation sites excluding steroid dienone is 2. The molecule has 1 fully saturated rings. The smallest absolute Gasteiger partial charge is 0.323 e. The van der Waals surface area contributed by atoms with E-state index in [0.29, 0.717) is 12.3 Å². The molecular weight excluding hydrogens is 280 g/mol. The van der Waals surface area contributed by atoms with Gasteiger partial charge in [-0.25, -0.2) is 0 Å². The lowest BCUT2D eigenvalue weighted by Crippen LogP contribution is -2.50. The Bertz CT molecular complexity index is 471. The minimum Gasteiger partial charge on any atom is -0.465 e. The van der Waals surface area contributed by atoms with E-state index in [2.05, 4.69) is 19.9 Å². The lowest BCUT2D eigenvalue weighted by atomic mass is 9.48. The summed E-state index contributed by atoms with van der Waals surface area (Å²) < 4.78 is 10.3. The normalized spacial score (nSPS) is 25.8. The van der Waals surface area contributed by atoms with Crippen LogP contribution in [0, 0.1) is 22.7 Å². The van der Waals surface area contributed by atoms with Crippen molar-refractivity contribution in [3.05, 3.63) is 11.6 Å². The Morgan fingerprint density at radius 1 is 1.23 bits per heavy atom. The molecule has 22 heavy (non-hydrogen) atoms. The molecule has 3 rings (SSSR count). The van der Waals surface area contributed by atoms with Gasteiger partial charge in [-0.15, -0.1) is 0 Å². The third-order valence-corrected chi connectivity index (χ3v) is 5.59. The highest BCUT2D eigenvalue weighted by atomic mass is 16.6. The van der Waals surface area contributed by atoms with Crippen molar-refractivity contribution in [3.63, 3.8) is 0 Å². The summed E-state index contributed by atoms with van der Waals surface area (Å²) in [4.78, 5) is 24.8. The van der Waals surface area contributed by atoms with Crippen molar-refractivity contribution >= 4 is 11.9 Å². The molecule has 0 heterocycles. The molecule has 0 amide bonds. The van der Waals surface area contributed by atoms with Crippen LogP contribution >= 0.6 is 0 Å². The first-order chi connectivity index (χ1) is 10.3. The van der Waals surface area contributed by atoms with Gasteiger partial charge >= 0.3 is 11.9 Å². The molecule has 0 aliphatic heterocycles. The van der Waals surface area contributed by atoms with Crippen LogP contribution in [0.4, 0.5) is 0 Å². The largest absolute Gasteiger partial charge is 0.465 e. The number of carbonyl (C=O) groups is 2. The summed E-state index contributed by atoms with van der Waals surface area (Å²) in [6.07, 6.45) is 4.84. The number of ether oxygens (including phenoxy) is 2. The van der Waals surface area contributed by atoms with Crippen LogP contribution in [0.1, 0.15) is 53.9 Å². The maximum Gasteiger partial charge on any atom is 0.323 e. The molecule has 3 aliphatic carbocycles. The summed E-state index contributed by atoms with van der Waals surface area (Å²) in [6, 6.07) is 0. The lowest BCUT2D eigenvalue weighted by molar-refractivity contribution is -0.171. The quantitative estimate of drug-likeness (QED) is 0.428. The zero-order valence-electron chi connectivity index (χ0n) is 14.4. The van der Waals surface area contributed by atoms with Crippen molar-refractivity contribution in [3.8, 4) is 0 Å². The summed E-state index contributed by atoms with van der Waals surface area (Å²) in [5, 5.41) is 0. The number of rotatable bonds is 6. The molecular formula is C18H28O4. The third-order valence-electron chi connectivity index (χ3n) is 5.59. The Kier molecular flexibility index (Phi) is 4.69. The average Bonchev–Trinajstić information content (AvgIpc) is 2.47. The number of hydrogen-bond donors (Lipinski definition) is 0. The van der Waals surface area contributed by atoms with Gasteiger partial charge in [0, 0.05) is 0 Å². The van der Waals surface area contributed by atoms with Crippen molar-refractivity contribution in [1.82, 2.24) is 0 Å². The molecule has 0 aromatic carbocycles.